The number of Topliss-reactive ketones (excluding diaryl/α,β-unsaturated/α-hetero) is 1. The van der Waals surface area contributed by atoms with Crippen LogP contribution in [0.1, 0.15) is 31.8 Å². The molecule has 5 nitrogen and oxygen atoms in total. The van der Waals surface area contributed by atoms with Crippen molar-refractivity contribution in [1.82, 2.24) is 5.32 Å². The SMILES string of the molecule is Cc1ccc(/C=C(\NC(=O)c2ccccc2)C(=O)Nc2ccc(SCC(=O)c3ccc(Cl)cc3)cc2)cc1. The molecule has 4 rings (SSSR count). The molecule has 7 heteroatoms. The first-order valence-electron chi connectivity index (χ1n) is 11.8. The van der Waals surface area contributed by atoms with E-state index in [1.54, 1.807) is 66.7 Å². The summed E-state index contributed by atoms with van der Waals surface area (Å²) in [6, 6.07) is 30.4. The topological polar surface area (TPSA) is 75.3 Å². The molecule has 4 aromatic carbocycles. The summed E-state index contributed by atoms with van der Waals surface area (Å²) in [6.45, 7) is 1.98. The number of ketones is 1. The Balaban J connectivity index is 1.43. The summed E-state index contributed by atoms with van der Waals surface area (Å²) in [5, 5.41) is 6.17. The monoisotopic (exact) mass is 540 g/mol. The zero-order valence-electron chi connectivity index (χ0n) is 20.6. The summed E-state index contributed by atoms with van der Waals surface area (Å²) in [5.41, 5.74) is 3.61. The lowest BCUT2D eigenvalue weighted by Crippen LogP contribution is -2.30. The molecule has 0 aromatic heterocycles. The second-order valence-corrected chi connectivity index (χ2v) is 9.97. The maximum atomic E-state index is 13.2. The number of anilines is 1. The number of hydrogen-bond acceptors (Lipinski definition) is 4. The predicted molar refractivity (Wildman–Crippen MR) is 155 cm³/mol. The summed E-state index contributed by atoms with van der Waals surface area (Å²) < 4.78 is 0. The number of amides is 2. The Hall–Kier alpha value is -4.13. The van der Waals surface area contributed by atoms with Gasteiger partial charge in [0.05, 0.1) is 5.75 Å². The van der Waals surface area contributed by atoms with Crippen LogP contribution in [0.25, 0.3) is 6.08 Å². The highest BCUT2D eigenvalue weighted by atomic mass is 35.5. The normalized spacial score (nSPS) is 11.1. The van der Waals surface area contributed by atoms with Crippen molar-refractivity contribution >= 4 is 52.7 Å². The van der Waals surface area contributed by atoms with Crippen LogP contribution in [-0.4, -0.2) is 23.4 Å². The molecule has 0 atom stereocenters. The van der Waals surface area contributed by atoms with Gasteiger partial charge < -0.3 is 10.6 Å². The third-order valence-corrected chi connectivity index (χ3v) is 6.83. The Morgan fingerprint density at radius 1 is 0.789 bits per heavy atom. The van der Waals surface area contributed by atoms with Crippen molar-refractivity contribution in [3.8, 4) is 0 Å². The number of hydrogen-bond donors (Lipinski definition) is 2. The van der Waals surface area contributed by atoms with Gasteiger partial charge in [-0.3, -0.25) is 14.4 Å². The summed E-state index contributed by atoms with van der Waals surface area (Å²) in [5.74, 6) is -0.545. The predicted octanol–water partition coefficient (Wildman–Crippen LogP) is 7.03. The Kier molecular flexibility index (Phi) is 9.14. The van der Waals surface area contributed by atoms with Crippen molar-refractivity contribution in [2.24, 2.45) is 0 Å². The molecule has 0 aliphatic carbocycles. The smallest absolute Gasteiger partial charge is 0.272 e. The second-order valence-electron chi connectivity index (χ2n) is 8.49. The first kappa shape index (κ1) is 26.9. The molecule has 190 valence electrons. The van der Waals surface area contributed by atoms with Gasteiger partial charge in [0, 0.05) is 26.7 Å². The number of thioether (sulfide) groups is 1. The molecule has 0 bridgehead atoms. The molecule has 0 heterocycles. The fourth-order valence-electron chi connectivity index (χ4n) is 3.47. The number of rotatable bonds is 9. The van der Waals surface area contributed by atoms with Gasteiger partial charge in [-0.25, -0.2) is 0 Å². The molecule has 4 aromatic rings. The average molecular weight is 541 g/mol. The Morgan fingerprint density at radius 3 is 2.11 bits per heavy atom. The molecular formula is C31H25ClN2O3S. The molecule has 38 heavy (non-hydrogen) atoms. The Labute approximate surface area is 230 Å². The number of aryl methyl sites for hydroxylation is 1. The van der Waals surface area contributed by atoms with Crippen LogP contribution in [0.2, 0.25) is 5.02 Å². The third kappa shape index (κ3) is 7.68. The second kappa shape index (κ2) is 12.9. The zero-order chi connectivity index (χ0) is 26.9. The molecule has 2 N–H and O–H groups in total. The molecule has 0 saturated carbocycles. The third-order valence-electron chi connectivity index (χ3n) is 5.57. The quantitative estimate of drug-likeness (QED) is 0.136. The summed E-state index contributed by atoms with van der Waals surface area (Å²) >= 11 is 7.29. The van der Waals surface area contributed by atoms with Crippen molar-refractivity contribution in [3.05, 3.63) is 136 Å². The van der Waals surface area contributed by atoms with Gasteiger partial charge in [-0.1, -0.05) is 59.6 Å². The summed E-state index contributed by atoms with van der Waals surface area (Å²) in [7, 11) is 0. The van der Waals surface area contributed by atoms with Crippen LogP contribution in [0.5, 0.6) is 0 Å². The number of carbonyl (C=O) groups is 3. The Morgan fingerprint density at radius 2 is 1.45 bits per heavy atom. The molecule has 0 fully saturated rings. The van der Waals surface area contributed by atoms with E-state index in [1.807, 2.05) is 49.4 Å². The Bertz CT molecular complexity index is 1450. The van der Waals surface area contributed by atoms with Gasteiger partial charge in [0.2, 0.25) is 0 Å². The maximum absolute atomic E-state index is 13.2. The first-order chi connectivity index (χ1) is 18.4. The van der Waals surface area contributed by atoms with E-state index < -0.39 is 5.91 Å². The van der Waals surface area contributed by atoms with Crippen molar-refractivity contribution < 1.29 is 14.4 Å². The van der Waals surface area contributed by atoms with Gasteiger partial charge in [0.1, 0.15) is 5.70 Å². The summed E-state index contributed by atoms with van der Waals surface area (Å²) in [4.78, 5) is 39.3. The van der Waals surface area contributed by atoms with E-state index in [9.17, 15) is 14.4 Å². The molecule has 2 amide bonds. The van der Waals surface area contributed by atoms with Gasteiger partial charge in [-0.15, -0.1) is 11.8 Å². The lowest BCUT2D eigenvalue weighted by molar-refractivity contribution is -0.113. The van der Waals surface area contributed by atoms with Crippen molar-refractivity contribution in [3.63, 3.8) is 0 Å². The fraction of sp³-hybridized carbons (Fsp3) is 0.0645. The van der Waals surface area contributed by atoms with Crippen LogP contribution >= 0.6 is 23.4 Å². The van der Waals surface area contributed by atoms with E-state index in [4.69, 9.17) is 11.6 Å². The van der Waals surface area contributed by atoms with Crippen LogP contribution in [0, 0.1) is 6.92 Å². The summed E-state index contributed by atoms with van der Waals surface area (Å²) in [6.07, 6.45) is 1.64. The highest BCUT2D eigenvalue weighted by molar-refractivity contribution is 8.00. The van der Waals surface area contributed by atoms with E-state index >= 15 is 0 Å². The largest absolute Gasteiger partial charge is 0.321 e. The van der Waals surface area contributed by atoms with Crippen LogP contribution in [0.15, 0.2) is 114 Å². The highest BCUT2D eigenvalue weighted by Gasteiger charge is 2.15. The van der Waals surface area contributed by atoms with Gasteiger partial charge >= 0.3 is 0 Å². The lowest BCUT2D eigenvalue weighted by atomic mass is 10.1. The van der Waals surface area contributed by atoms with Crippen molar-refractivity contribution in [1.29, 1.82) is 0 Å². The molecule has 0 radical (unpaired) electrons. The van der Waals surface area contributed by atoms with Gasteiger partial charge in [0.25, 0.3) is 11.8 Å². The minimum atomic E-state index is -0.451. The van der Waals surface area contributed by atoms with Crippen LogP contribution < -0.4 is 10.6 Å². The molecule has 0 saturated heterocycles. The molecular weight excluding hydrogens is 516 g/mol. The van der Waals surface area contributed by atoms with E-state index in [-0.39, 0.29) is 23.1 Å². The first-order valence-corrected chi connectivity index (χ1v) is 13.2. The number of halogens is 1. The molecule has 0 aliphatic rings. The van der Waals surface area contributed by atoms with Crippen LogP contribution in [0.4, 0.5) is 5.69 Å². The molecule has 0 unspecified atom stereocenters. The lowest BCUT2D eigenvalue weighted by Gasteiger charge is -2.12. The van der Waals surface area contributed by atoms with Crippen molar-refractivity contribution in [2.75, 3.05) is 11.1 Å². The van der Waals surface area contributed by atoms with Crippen LogP contribution in [-0.2, 0) is 4.79 Å². The van der Waals surface area contributed by atoms with Crippen molar-refractivity contribution in [2.45, 2.75) is 11.8 Å². The number of carbonyl (C=O) groups excluding carboxylic acids is 3. The van der Waals surface area contributed by atoms with E-state index in [0.717, 1.165) is 16.0 Å². The highest BCUT2D eigenvalue weighted by Crippen LogP contribution is 2.22. The average Bonchev–Trinajstić information content (AvgIpc) is 2.94. The van der Waals surface area contributed by atoms with Gasteiger partial charge in [0.15, 0.2) is 5.78 Å². The molecule has 0 aliphatic heterocycles. The maximum Gasteiger partial charge on any atom is 0.272 e. The standard InChI is InChI=1S/C31H25ClN2O3S/c1-21-7-9-22(10-8-21)19-28(34-30(36)24-5-3-2-4-6-24)31(37)33-26-15-17-27(18-16-26)38-20-29(35)23-11-13-25(32)14-12-23/h2-19H,20H2,1H3,(H,33,37)(H,34,36)/b28-19-. The zero-order valence-corrected chi connectivity index (χ0v) is 22.2. The number of nitrogens with one attached hydrogen (secondary N) is 2. The van der Waals surface area contributed by atoms with Gasteiger partial charge in [-0.05, 0) is 79.2 Å². The van der Waals surface area contributed by atoms with E-state index in [1.165, 1.54) is 11.8 Å². The van der Waals surface area contributed by atoms with E-state index in [0.29, 0.717) is 21.8 Å². The van der Waals surface area contributed by atoms with Crippen LogP contribution in [0.3, 0.4) is 0 Å². The van der Waals surface area contributed by atoms with Gasteiger partial charge in [-0.2, -0.15) is 0 Å². The number of benzene rings is 4. The minimum Gasteiger partial charge on any atom is -0.321 e. The minimum absolute atomic E-state index is 0.00379. The van der Waals surface area contributed by atoms with E-state index in [2.05, 4.69) is 10.6 Å². The fourth-order valence-corrected chi connectivity index (χ4v) is 4.39. The molecule has 0 spiro atoms.